The highest BCUT2D eigenvalue weighted by Gasteiger charge is 2.31. The molecule has 2 atom stereocenters. The molecule has 0 aliphatic carbocycles. The van der Waals surface area contributed by atoms with E-state index in [2.05, 4.69) is 4.90 Å². The zero-order chi connectivity index (χ0) is 15.6. The maximum atomic E-state index is 13.3. The molecule has 2 rings (SSSR count). The van der Waals surface area contributed by atoms with Crippen LogP contribution in [0.3, 0.4) is 0 Å². The zero-order valence-corrected chi connectivity index (χ0v) is 12.6. The van der Waals surface area contributed by atoms with Crippen LogP contribution in [0.4, 0.5) is 8.78 Å². The summed E-state index contributed by atoms with van der Waals surface area (Å²) in [4.78, 5) is 2.15. The van der Waals surface area contributed by atoms with Gasteiger partial charge in [0.15, 0.2) is 11.5 Å². The fourth-order valence-electron chi connectivity index (χ4n) is 3.04. The Balaban J connectivity index is 2.43. The summed E-state index contributed by atoms with van der Waals surface area (Å²) in [6.45, 7) is 1.48. The first-order valence-electron chi connectivity index (χ1n) is 6.96. The van der Waals surface area contributed by atoms with Gasteiger partial charge in [-0.1, -0.05) is 0 Å². The number of nitrogens with two attached hydrogens (primary N) is 1. The average molecular weight is 300 g/mol. The second-order valence-corrected chi connectivity index (χ2v) is 5.44. The first kappa shape index (κ1) is 16.0. The lowest BCUT2D eigenvalue weighted by Crippen LogP contribution is -2.20. The molecule has 1 heterocycles. The van der Waals surface area contributed by atoms with Crippen molar-refractivity contribution in [2.45, 2.75) is 18.9 Å². The maximum absolute atomic E-state index is 13.3. The molecule has 0 radical (unpaired) electrons. The van der Waals surface area contributed by atoms with Crippen LogP contribution in [0.25, 0.3) is 0 Å². The Morgan fingerprint density at radius 2 is 2.05 bits per heavy atom. The van der Waals surface area contributed by atoms with E-state index in [1.54, 1.807) is 6.07 Å². The van der Waals surface area contributed by atoms with E-state index >= 15 is 0 Å². The Morgan fingerprint density at radius 1 is 1.33 bits per heavy atom. The van der Waals surface area contributed by atoms with Crippen LogP contribution in [0.1, 0.15) is 30.0 Å². The Kier molecular flexibility index (Phi) is 5.00. The van der Waals surface area contributed by atoms with Crippen molar-refractivity contribution in [3.05, 3.63) is 23.3 Å². The summed E-state index contributed by atoms with van der Waals surface area (Å²) < 4.78 is 36.8. The number of benzene rings is 1. The van der Waals surface area contributed by atoms with Crippen LogP contribution in [0.15, 0.2) is 12.1 Å². The van der Waals surface area contributed by atoms with E-state index in [1.165, 1.54) is 20.3 Å². The molecule has 1 aromatic rings. The number of hydrogen-bond acceptors (Lipinski definition) is 4. The summed E-state index contributed by atoms with van der Waals surface area (Å²) in [7, 11) is 4.81. The Hall–Kier alpha value is -1.40. The van der Waals surface area contributed by atoms with Gasteiger partial charge in [-0.15, -0.1) is 0 Å². The molecule has 1 aromatic carbocycles. The van der Waals surface area contributed by atoms with Gasteiger partial charge >= 0.3 is 0 Å². The minimum absolute atomic E-state index is 0.0795. The van der Waals surface area contributed by atoms with E-state index < -0.39 is 6.43 Å². The number of rotatable bonds is 5. The lowest BCUT2D eigenvalue weighted by molar-refractivity contribution is 0.145. The molecule has 118 valence electrons. The first-order chi connectivity index (χ1) is 10.0. The smallest absolute Gasteiger partial charge is 0.267 e. The third-order valence-electron chi connectivity index (χ3n) is 4.12. The zero-order valence-electron chi connectivity index (χ0n) is 12.6. The summed E-state index contributed by atoms with van der Waals surface area (Å²) in [5, 5.41) is 0. The van der Waals surface area contributed by atoms with Gasteiger partial charge in [0, 0.05) is 12.6 Å². The second kappa shape index (κ2) is 6.58. The quantitative estimate of drug-likeness (QED) is 0.908. The Labute approximate surface area is 123 Å². The largest absolute Gasteiger partial charge is 0.493 e. The molecular weight excluding hydrogens is 278 g/mol. The van der Waals surface area contributed by atoms with Crippen molar-refractivity contribution in [1.29, 1.82) is 0 Å². The van der Waals surface area contributed by atoms with Gasteiger partial charge in [0.25, 0.3) is 6.43 Å². The molecule has 4 nitrogen and oxygen atoms in total. The fraction of sp³-hybridized carbons (Fsp3) is 0.600. The third kappa shape index (κ3) is 3.11. The fourth-order valence-corrected chi connectivity index (χ4v) is 3.04. The topological polar surface area (TPSA) is 47.7 Å². The number of methoxy groups -OCH3 is 2. The van der Waals surface area contributed by atoms with Crippen LogP contribution in [0.5, 0.6) is 11.5 Å². The monoisotopic (exact) mass is 300 g/mol. The van der Waals surface area contributed by atoms with Crippen molar-refractivity contribution in [2.75, 3.05) is 34.4 Å². The van der Waals surface area contributed by atoms with Gasteiger partial charge in [-0.05, 0) is 43.6 Å². The van der Waals surface area contributed by atoms with Crippen molar-refractivity contribution >= 4 is 0 Å². The third-order valence-corrected chi connectivity index (χ3v) is 4.12. The van der Waals surface area contributed by atoms with Gasteiger partial charge in [-0.2, -0.15) is 0 Å². The lowest BCUT2D eigenvalue weighted by Gasteiger charge is -2.22. The Morgan fingerprint density at radius 3 is 2.52 bits per heavy atom. The van der Waals surface area contributed by atoms with E-state index in [1.807, 2.05) is 7.05 Å². The van der Waals surface area contributed by atoms with E-state index in [4.69, 9.17) is 15.2 Å². The molecule has 1 saturated heterocycles. The molecule has 6 heteroatoms. The van der Waals surface area contributed by atoms with E-state index in [-0.39, 0.29) is 17.4 Å². The van der Waals surface area contributed by atoms with Gasteiger partial charge in [0.05, 0.1) is 19.8 Å². The van der Waals surface area contributed by atoms with Crippen LogP contribution in [0.2, 0.25) is 0 Å². The molecule has 0 bridgehead atoms. The summed E-state index contributed by atoms with van der Waals surface area (Å²) in [5.74, 6) is 0.838. The second-order valence-electron chi connectivity index (χ2n) is 5.44. The predicted octanol–water partition coefficient (Wildman–Crippen LogP) is 2.59. The molecule has 0 saturated carbocycles. The van der Waals surface area contributed by atoms with Gasteiger partial charge in [-0.25, -0.2) is 8.78 Å². The van der Waals surface area contributed by atoms with Crippen molar-refractivity contribution in [3.8, 4) is 11.5 Å². The molecule has 2 unspecified atom stereocenters. The normalized spacial score (nSPS) is 22.8. The minimum Gasteiger partial charge on any atom is -0.493 e. The molecule has 1 aliphatic rings. The van der Waals surface area contributed by atoms with Crippen molar-refractivity contribution in [2.24, 2.45) is 11.7 Å². The Bertz CT molecular complexity index is 497. The van der Waals surface area contributed by atoms with Crippen molar-refractivity contribution in [3.63, 3.8) is 0 Å². The molecule has 1 fully saturated rings. The molecular formula is C15H22F2N2O2. The molecule has 21 heavy (non-hydrogen) atoms. The summed E-state index contributed by atoms with van der Waals surface area (Å²) in [5.41, 5.74) is 6.42. The maximum Gasteiger partial charge on any atom is 0.267 e. The molecule has 1 aliphatic heterocycles. The van der Waals surface area contributed by atoms with E-state index in [0.717, 1.165) is 18.5 Å². The highest BCUT2D eigenvalue weighted by molar-refractivity contribution is 5.51. The summed E-state index contributed by atoms with van der Waals surface area (Å²) >= 11 is 0. The molecule has 2 N–H and O–H groups in total. The van der Waals surface area contributed by atoms with Gasteiger partial charge < -0.3 is 15.2 Å². The van der Waals surface area contributed by atoms with Gasteiger partial charge in [0.2, 0.25) is 0 Å². The van der Waals surface area contributed by atoms with Crippen molar-refractivity contribution < 1.29 is 18.3 Å². The van der Waals surface area contributed by atoms with E-state index in [0.29, 0.717) is 18.2 Å². The SMILES string of the molecule is COc1cc(C2CC(CN)CN2C)cc(C(F)F)c1OC. The van der Waals surface area contributed by atoms with Crippen LogP contribution in [-0.4, -0.2) is 39.3 Å². The van der Waals surface area contributed by atoms with Gasteiger partial charge in [-0.3, -0.25) is 4.90 Å². The van der Waals surface area contributed by atoms with Crippen LogP contribution in [-0.2, 0) is 0 Å². The number of halogens is 2. The first-order valence-corrected chi connectivity index (χ1v) is 6.96. The number of nitrogens with zero attached hydrogens (tertiary/aromatic N) is 1. The van der Waals surface area contributed by atoms with Crippen LogP contribution >= 0.6 is 0 Å². The van der Waals surface area contributed by atoms with Crippen molar-refractivity contribution in [1.82, 2.24) is 4.90 Å². The highest BCUT2D eigenvalue weighted by atomic mass is 19.3. The standard InChI is InChI=1S/C15H22F2N2O2/c1-19-8-9(7-18)4-12(19)10-5-11(15(16)17)14(21-3)13(6-10)20-2/h5-6,9,12,15H,4,7-8,18H2,1-3H3. The molecule has 0 spiro atoms. The summed E-state index contributed by atoms with van der Waals surface area (Å²) in [6, 6.07) is 3.38. The lowest BCUT2D eigenvalue weighted by atomic mass is 9.97. The predicted molar refractivity (Wildman–Crippen MR) is 77.0 cm³/mol. The molecule has 0 amide bonds. The van der Waals surface area contributed by atoms with Gasteiger partial charge in [0.1, 0.15) is 0 Å². The average Bonchev–Trinajstić information content (AvgIpc) is 2.86. The highest BCUT2D eigenvalue weighted by Crippen LogP contribution is 2.42. The minimum atomic E-state index is -2.61. The number of hydrogen-bond donors (Lipinski definition) is 1. The van der Waals surface area contributed by atoms with Crippen LogP contribution in [0, 0.1) is 5.92 Å². The number of ether oxygens (including phenoxy) is 2. The molecule has 0 aromatic heterocycles. The summed E-state index contributed by atoms with van der Waals surface area (Å²) in [6.07, 6.45) is -1.74. The number of alkyl halides is 2. The number of likely N-dealkylation sites (tertiary alicyclic amines) is 1. The van der Waals surface area contributed by atoms with E-state index in [9.17, 15) is 8.78 Å². The van der Waals surface area contributed by atoms with Crippen LogP contribution < -0.4 is 15.2 Å².